The Morgan fingerprint density at radius 3 is 3.13 bits per heavy atom. The topological polar surface area (TPSA) is 73.0 Å². The van der Waals surface area contributed by atoms with Crippen LogP contribution in [0.15, 0.2) is 33.6 Å². The molecule has 3 aromatic rings. The highest BCUT2D eigenvalue weighted by Gasteiger charge is 2.17. The molecule has 1 aromatic carbocycles. The van der Waals surface area contributed by atoms with Gasteiger partial charge in [-0.3, -0.25) is 4.79 Å². The minimum absolute atomic E-state index is 0.114. The van der Waals surface area contributed by atoms with E-state index in [4.69, 9.17) is 4.52 Å². The molecule has 6 nitrogen and oxygen atoms in total. The van der Waals surface area contributed by atoms with Gasteiger partial charge in [-0.2, -0.15) is 4.98 Å². The molecule has 0 bridgehead atoms. The van der Waals surface area contributed by atoms with Gasteiger partial charge in [-0.1, -0.05) is 23.4 Å². The minimum Gasteiger partial charge on any atom is -0.339 e. The van der Waals surface area contributed by atoms with E-state index in [1.54, 1.807) is 6.92 Å². The zero-order valence-electron chi connectivity index (χ0n) is 13.0. The molecule has 6 heteroatoms. The van der Waals surface area contributed by atoms with Gasteiger partial charge in [0.05, 0.1) is 5.52 Å². The lowest BCUT2D eigenvalue weighted by Gasteiger charge is -2.09. The normalized spacial score (nSPS) is 13.1. The van der Waals surface area contributed by atoms with Gasteiger partial charge >= 0.3 is 0 Å². The number of rotatable bonds is 5. The summed E-state index contributed by atoms with van der Waals surface area (Å²) in [6.07, 6.45) is 1.60. The van der Waals surface area contributed by atoms with E-state index in [0.29, 0.717) is 31.2 Å². The lowest BCUT2D eigenvalue weighted by Crippen LogP contribution is -2.27. The predicted molar refractivity (Wildman–Crippen MR) is 86.4 cm³/mol. The second kappa shape index (κ2) is 5.62. The highest BCUT2D eigenvalue weighted by atomic mass is 16.5. The third-order valence-corrected chi connectivity index (χ3v) is 4.28. The van der Waals surface area contributed by atoms with E-state index in [1.807, 2.05) is 10.6 Å². The summed E-state index contributed by atoms with van der Waals surface area (Å²) in [4.78, 5) is 16.8. The second-order valence-electron chi connectivity index (χ2n) is 5.89. The number of benzene rings is 1. The van der Waals surface area contributed by atoms with Gasteiger partial charge in [0, 0.05) is 31.6 Å². The van der Waals surface area contributed by atoms with Crippen LogP contribution in [0.4, 0.5) is 0 Å². The van der Waals surface area contributed by atoms with Crippen molar-refractivity contribution >= 4 is 10.9 Å². The van der Waals surface area contributed by atoms with Crippen molar-refractivity contribution in [3.8, 4) is 0 Å². The van der Waals surface area contributed by atoms with Gasteiger partial charge in [0.1, 0.15) is 0 Å². The number of nitrogens with zero attached hydrogens (tertiary/aromatic N) is 3. The molecule has 0 unspecified atom stereocenters. The van der Waals surface area contributed by atoms with Crippen LogP contribution < -0.4 is 10.9 Å². The number of aryl methyl sites for hydroxylation is 3. The lowest BCUT2D eigenvalue weighted by molar-refractivity contribution is 0.372. The Labute approximate surface area is 133 Å². The highest BCUT2D eigenvalue weighted by molar-refractivity contribution is 5.84. The van der Waals surface area contributed by atoms with E-state index in [2.05, 4.69) is 33.7 Å². The van der Waals surface area contributed by atoms with E-state index in [0.717, 1.165) is 29.4 Å². The minimum atomic E-state index is 0.114. The molecule has 23 heavy (non-hydrogen) atoms. The van der Waals surface area contributed by atoms with Gasteiger partial charge in [0.25, 0.3) is 5.56 Å². The molecule has 0 fully saturated rings. The van der Waals surface area contributed by atoms with E-state index >= 15 is 0 Å². The first kappa shape index (κ1) is 14.1. The van der Waals surface area contributed by atoms with Crippen molar-refractivity contribution in [2.24, 2.45) is 0 Å². The maximum Gasteiger partial charge on any atom is 0.255 e. The summed E-state index contributed by atoms with van der Waals surface area (Å²) in [6, 6.07) is 8.25. The average molecular weight is 310 g/mol. The van der Waals surface area contributed by atoms with Crippen molar-refractivity contribution in [3.05, 3.63) is 57.5 Å². The maximum absolute atomic E-state index is 12.6. The number of pyridine rings is 1. The third kappa shape index (κ3) is 2.55. The first-order valence-electron chi connectivity index (χ1n) is 7.86. The lowest BCUT2D eigenvalue weighted by atomic mass is 10.1. The quantitative estimate of drug-likeness (QED) is 0.724. The summed E-state index contributed by atoms with van der Waals surface area (Å²) in [5.41, 5.74) is 3.29. The molecular weight excluding hydrogens is 292 g/mol. The van der Waals surface area contributed by atoms with Gasteiger partial charge in [0.15, 0.2) is 5.82 Å². The smallest absolute Gasteiger partial charge is 0.255 e. The molecule has 0 aliphatic carbocycles. The first-order valence-corrected chi connectivity index (χ1v) is 7.86. The van der Waals surface area contributed by atoms with Crippen LogP contribution in [0, 0.1) is 6.92 Å². The van der Waals surface area contributed by atoms with Crippen LogP contribution >= 0.6 is 0 Å². The van der Waals surface area contributed by atoms with Crippen LogP contribution in [0.25, 0.3) is 10.9 Å². The molecule has 3 heterocycles. The fraction of sp³-hybridized carbons (Fsp3) is 0.353. The van der Waals surface area contributed by atoms with Gasteiger partial charge < -0.3 is 14.4 Å². The average Bonchev–Trinajstić information content (AvgIpc) is 3.16. The molecule has 0 saturated carbocycles. The van der Waals surface area contributed by atoms with Crippen molar-refractivity contribution < 1.29 is 4.52 Å². The number of aromatic nitrogens is 3. The van der Waals surface area contributed by atoms with Gasteiger partial charge in [-0.25, -0.2) is 0 Å². The molecule has 2 aromatic heterocycles. The Morgan fingerprint density at radius 2 is 2.30 bits per heavy atom. The summed E-state index contributed by atoms with van der Waals surface area (Å²) in [5.74, 6) is 1.26. The molecule has 0 spiro atoms. The molecule has 0 atom stereocenters. The summed E-state index contributed by atoms with van der Waals surface area (Å²) >= 11 is 0. The number of hydrogen-bond donors (Lipinski definition) is 1. The summed E-state index contributed by atoms with van der Waals surface area (Å²) in [6.45, 7) is 3.82. The molecule has 0 radical (unpaired) electrons. The van der Waals surface area contributed by atoms with Crippen LogP contribution in [0.3, 0.4) is 0 Å². The molecule has 118 valence electrons. The third-order valence-electron chi connectivity index (χ3n) is 4.28. The summed E-state index contributed by atoms with van der Waals surface area (Å²) < 4.78 is 6.98. The summed E-state index contributed by atoms with van der Waals surface area (Å²) in [5, 5.41) is 8.20. The Morgan fingerprint density at radius 1 is 1.39 bits per heavy atom. The van der Waals surface area contributed by atoms with E-state index in [1.165, 1.54) is 5.56 Å². The van der Waals surface area contributed by atoms with E-state index in [9.17, 15) is 4.79 Å². The summed E-state index contributed by atoms with van der Waals surface area (Å²) in [7, 11) is 0. The van der Waals surface area contributed by atoms with Crippen LogP contribution in [-0.4, -0.2) is 21.3 Å². The van der Waals surface area contributed by atoms with Crippen molar-refractivity contribution in [1.29, 1.82) is 0 Å². The molecule has 1 N–H and O–H groups in total. The predicted octanol–water partition coefficient (Wildman–Crippen LogP) is 1.58. The Bertz CT molecular complexity index is 926. The Hall–Kier alpha value is -2.47. The molecule has 1 aliphatic rings. The van der Waals surface area contributed by atoms with Crippen LogP contribution in [0.5, 0.6) is 0 Å². The van der Waals surface area contributed by atoms with Crippen molar-refractivity contribution in [1.82, 2.24) is 20.0 Å². The zero-order chi connectivity index (χ0) is 15.8. The van der Waals surface area contributed by atoms with Crippen LogP contribution in [-0.2, 0) is 25.9 Å². The number of hydrogen-bond acceptors (Lipinski definition) is 5. The van der Waals surface area contributed by atoms with Crippen LogP contribution in [0.1, 0.15) is 22.8 Å². The SMILES string of the molecule is Cc1noc(CCNCc2cc3cccc4c3n(c2=O)CC4)n1. The fourth-order valence-corrected chi connectivity index (χ4v) is 3.22. The van der Waals surface area contributed by atoms with Gasteiger partial charge in [-0.05, 0) is 30.4 Å². The molecular formula is C17H18N4O2. The Balaban J connectivity index is 1.50. The number of nitrogens with one attached hydrogen (secondary N) is 1. The van der Waals surface area contributed by atoms with Crippen LogP contribution in [0.2, 0.25) is 0 Å². The van der Waals surface area contributed by atoms with E-state index < -0.39 is 0 Å². The standard InChI is InChI=1S/C17H18N4O2/c1-11-19-15(23-20-11)5-7-18-10-14-9-13-4-2-3-12-6-8-21(16(12)13)17(14)22/h2-4,9,18H,5-8,10H2,1H3. The molecule has 0 amide bonds. The molecule has 0 saturated heterocycles. The fourth-order valence-electron chi connectivity index (χ4n) is 3.22. The van der Waals surface area contributed by atoms with Gasteiger partial charge in [0.2, 0.25) is 5.89 Å². The molecule has 1 aliphatic heterocycles. The first-order chi connectivity index (χ1) is 11.2. The van der Waals surface area contributed by atoms with Crippen molar-refractivity contribution in [2.45, 2.75) is 32.9 Å². The van der Waals surface area contributed by atoms with Crippen molar-refractivity contribution in [3.63, 3.8) is 0 Å². The largest absolute Gasteiger partial charge is 0.339 e. The van der Waals surface area contributed by atoms with Gasteiger partial charge in [-0.15, -0.1) is 0 Å². The molecule has 4 rings (SSSR count). The monoisotopic (exact) mass is 310 g/mol. The van der Waals surface area contributed by atoms with Crippen molar-refractivity contribution in [2.75, 3.05) is 6.54 Å². The van der Waals surface area contributed by atoms with E-state index in [-0.39, 0.29) is 5.56 Å². The second-order valence-corrected chi connectivity index (χ2v) is 5.89. The Kier molecular flexibility index (Phi) is 3.46. The maximum atomic E-state index is 12.6. The highest BCUT2D eigenvalue weighted by Crippen LogP contribution is 2.24. The zero-order valence-corrected chi connectivity index (χ0v) is 13.0. The number of para-hydroxylation sites is 1.